The van der Waals surface area contributed by atoms with Crippen molar-refractivity contribution in [2.75, 3.05) is 13.1 Å². The molecule has 0 aromatic carbocycles. The van der Waals surface area contributed by atoms with Gasteiger partial charge in [-0.15, -0.1) is 0 Å². The summed E-state index contributed by atoms with van der Waals surface area (Å²) in [6.07, 6.45) is 0. The van der Waals surface area contributed by atoms with E-state index in [1.807, 2.05) is 16.8 Å². The smallest absolute Gasteiger partial charge is 0.231 e. The summed E-state index contributed by atoms with van der Waals surface area (Å²) < 4.78 is 5.25. The number of likely N-dealkylation sites (N-methyl/N-ethyl adjacent to an activating group) is 1. The fourth-order valence-electron chi connectivity index (χ4n) is 1.39. The molecule has 86 valence electrons. The van der Waals surface area contributed by atoms with Crippen LogP contribution in [0.5, 0.6) is 0 Å². The zero-order chi connectivity index (χ0) is 11.4. The van der Waals surface area contributed by atoms with Crippen LogP contribution in [0.3, 0.4) is 0 Å². The number of aromatic nitrogens is 2. The average Bonchev–Trinajstić information content (AvgIpc) is 2.94. The minimum Gasteiger partial charge on any atom is -0.339 e. The summed E-state index contributed by atoms with van der Waals surface area (Å²) in [5, 5.41) is 11.3. The number of nitrogens with one attached hydrogen (secondary N) is 1. The second kappa shape index (κ2) is 5.23. The summed E-state index contributed by atoms with van der Waals surface area (Å²) in [6.45, 7) is 5.97. The molecule has 0 aliphatic heterocycles. The van der Waals surface area contributed by atoms with Crippen molar-refractivity contribution in [3.05, 3.63) is 22.7 Å². The Hall–Kier alpha value is -1.20. The first-order valence-corrected chi connectivity index (χ1v) is 6.32. The lowest BCUT2D eigenvalue weighted by Gasteiger charge is -2.05. The van der Waals surface area contributed by atoms with Crippen LogP contribution in [-0.2, 0) is 0 Å². The number of nitrogens with zero attached hydrogens (tertiary/aromatic N) is 2. The Bertz CT molecular complexity index is 424. The van der Waals surface area contributed by atoms with Gasteiger partial charge < -0.3 is 9.84 Å². The Morgan fingerprint density at radius 3 is 3.12 bits per heavy atom. The van der Waals surface area contributed by atoms with Crippen molar-refractivity contribution < 1.29 is 4.52 Å². The van der Waals surface area contributed by atoms with E-state index in [0.29, 0.717) is 11.7 Å². The molecular formula is C11H15N3OS. The van der Waals surface area contributed by atoms with Crippen LogP contribution >= 0.6 is 11.3 Å². The molecule has 0 bridgehead atoms. The van der Waals surface area contributed by atoms with E-state index in [1.165, 1.54) is 0 Å². The number of hydrogen-bond acceptors (Lipinski definition) is 5. The fraction of sp³-hybridized carbons (Fsp3) is 0.455. The van der Waals surface area contributed by atoms with E-state index in [1.54, 1.807) is 11.3 Å². The molecule has 2 rings (SSSR count). The van der Waals surface area contributed by atoms with Gasteiger partial charge in [0.15, 0.2) is 0 Å². The molecule has 2 aromatic rings. The molecule has 1 atom stereocenters. The molecule has 0 amide bonds. The van der Waals surface area contributed by atoms with Gasteiger partial charge in [-0.1, -0.05) is 19.0 Å². The molecular weight excluding hydrogens is 222 g/mol. The van der Waals surface area contributed by atoms with Crippen molar-refractivity contribution >= 4 is 11.3 Å². The summed E-state index contributed by atoms with van der Waals surface area (Å²) in [5.41, 5.74) is 1.02. The highest BCUT2D eigenvalue weighted by molar-refractivity contribution is 7.08. The molecule has 5 heteroatoms. The van der Waals surface area contributed by atoms with Gasteiger partial charge in [-0.05, 0) is 18.0 Å². The first kappa shape index (κ1) is 11.3. The van der Waals surface area contributed by atoms with Gasteiger partial charge in [0.05, 0.1) is 0 Å². The Labute approximate surface area is 98.7 Å². The zero-order valence-electron chi connectivity index (χ0n) is 9.43. The van der Waals surface area contributed by atoms with Crippen molar-refractivity contribution in [3.63, 3.8) is 0 Å². The first-order chi connectivity index (χ1) is 7.81. The van der Waals surface area contributed by atoms with Gasteiger partial charge in [-0.25, -0.2) is 0 Å². The standard InChI is InChI=1S/C11H15N3OS/c1-3-12-6-8(2)11-13-10(14-15-11)9-4-5-16-7-9/h4-5,7-8,12H,3,6H2,1-2H3. The second-order valence-corrected chi connectivity index (χ2v) is 4.46. The summed E-state index contributed by atoms with van der Waals surface area (Å²) in [4.78, 5) is 4.39. The highest BCUT2D eigenvalue weighted by Gasteiger charge is 2.14. The van der Waals surface area contributed by atoms with Crippen molar-refractivity contribution in [1.82, 2.24) is 15.5 Å². The lowest BCUT2D eigenvalue weighted by Crippen LogP contribution is -2.19. The Balaban J connectivity index is 2.07. The maximum absolute atomic E-state index is 5.25. The van der Waals surface area contributed by atoms with Crippen LogP contribution in [0.25, 0.3) is 11.4 Å². The van der Waals surface area contributed by atoms with E-state index in [9.17, 15) is 0 Å². The van der Waals surface area contributed by atoms with Crippen LogP contribution in [-0.4, -0.2) is 23.2 Å². The van der Waals surface area contributed by atoms with Crippen LogP contribution < -0.4 is 5.32 Å². The summed E-state index contributed by atoms with van der Waals surface area (Å²) >= 11 is 1.63. The number of rotatable bonds is 5. The minimum absolute atomic E-state index is 0.250. The van der Waals surface area contributed by atoms with Crippen molar-refractivity contribution in [3.8, 4) is 11.4 Å². The summed E-state index contributed by atoms with van der Waals surface area (Å²) in [6, 6.07) is 1.99. The van der Waals surface area contributed by atoms with Crippen LogP contribution in [0, 0.1) is 0 Å². The molecule has 4 nitrogen and oxygen atoms in total. The molecule has 0 spiro atoms. The third kappa shape index (κ3) is 2.48. The average molecular weight is 237 g/mol. The Morgan fingerprint density at radius 2 is 2.44 bits per heavy atom. The maximum Gasteiger partial charge on any atom is 0.231 e. The third-order valence-corrected chi connectivity index (χ3v) is 3.03. The molecule has 0 fully saturated rings. The first-order valence-electron chi connectivity index (χ1n) is 5.38. The zero-order valence-corrected chi connectivity index (χ0v) is 10.3. The quantitative estimate of drug-likeness (QED) is 0.868. The third-order valence-electron chi connectivity index (χ3n) is 2.34. The van der Waals surface area contributed by atoms with Gasteiger partial charge >= 0.3 is 0 Å². The van der Waals surface area contributed by atoms with Crippen molar-refractivity contribution in [1.29, 1.82) is 0 Å². The van der Waals surface area contributed by atoms with Crippen LogP contribution in [0.15, 0.2) is 21.3 Å². The van der Waals surface area contributed by atoms with Gasteiger partial charge in [0.2, 0.25) is 11.7 Å². The Morgan fingerprint density at radius 1 is 1.56 bits per heavy atom. The predicted octanol–water partition coefficient (Wildman–Crippen LogP) is 2.51. The van der Waals surface area contributed by atoms with Gasteiger partial charge in [-0.3, -0.25) is 0 Å². The molecule has 2 aromatic heterocycles. The highest BCUT2D eigenvalue weighted by atomic mass is 32.1. The van der Waals surface area contributed by atoms with Crippen LogP contribution in [0.1, 0.15) is 25.7 Å². The molecule has 0 aliphatic carbocycles. The van der Waals surface area contributed by atoms with Crippen molar-refractivity contribution in [2.24, 2.45) is 0 Å². The van der Waals surface area contributed by atoms with E-state index in [0.717, 1.165) is 18.7 Å². The highest BCUT2D eigenvalue weighted by Crippen LogP contribution is 2.21. The lowest BCUT2D eigenvalue weighted by atomic mass is 10.2. The monoisotopic (exact) mass is 237 g/mol. The van der Waals surface area contributed by atoms with Gasteiger partial charge in [-0.2, -0.15) is 16.3 Å². The van der Waals surface area contributed by atoms with E-state index in [4.69, 9.17) is 4.52 Å². The second-order valence-electron chi connectivity index (χ2n) is 3.68. The number of thiophene rings is 1. The largest absolute Gasteiger partial charge is 0.339 e. The molecule has 0 aliphatic rings. The van der Waals surface area contributed by atoms with E-state index in [-0.39, 0.29) is 5.92 Å². The molecule has 0 radical (unpaired) electrons. The van der Waals surface area contributed by atoms with Gasteiger partial charge in [0.1, 0.15) is 0 Å². The predicted molar refractivity (Wildman–Crippen MR) is 64.6 cm³/mol. The Kier molecular flexibility index (Phi) is 3.69. The SMILES string of the molecule is CCNCC(C)c1nc(-c2ccsc2)no1. The summed E-state index contributed by atoms with van der Waals surface area (Å²) in [5.74, 6) is 1.63. The molecule has 1 unspecified atom stereocenters. The van der Waals surface area contributed by atoms with Crippen LogP contribution in [0.4, 0.5) is 0 Å². The number of hydrogen-bond donors (Lipinski definition) is 1. The molecule has 0 saturated carbocycles. The molecule has 0 saturated heterocycles. The molecule has 1 N–H and O–H groups in total. The lowest BCUT2D eigenvalue weighted by molar-refractivity contribution is 0.355. The maximum atomic E-state index is 5.25. The van der Waals surface area contributed by atoms with Gasteiger partial charge in [0, 0.05) is 23.4 Å². The fourth-order valence-corrected chi connectivity index (χ4v) is 2.03. The van der Waals surface area contributed by atoms with E-state index in [2.05, 4.69) is 29.3 Å². The van der Waals surface area contributed by atoms with E-state index >= 15 is 0 Å². The van der Waals surface area contributed by atoms with Gasteiger partial charge in [0.25, 0.3) is 0 Å². The molecule has 2 heterocycles. The topological polar surface area (TPSA) is 51.0 Å². The normalized spacial score (nSPS) is 12.9. The van der Waals surface area contributed by atoms with Crippen LogP contribution in [0.2, 0.25) is 0 Å². The van der Waals surface area contributed by atoms with E-state index < -0.39 is 0 Å². The molecule has 16 heavy (non-hydrogen) atoms. The minimum atomic E-state index is 0.250. The summed E-state index contributed by atoms with van der Waals surface area (Å²) in [7, 11) is 0. The van der Waals surface area contributed by atoms with Crippen molar-refractivity contribution in [2.45, 2.75) is 19.8 Å².